The lowest BCUT2D eigenvalue weighted by molar-refractivity contribution is 0.223. The third-order valence-corrected chi connectivity index (χ3v) is 2.89. The maximum Gasteiger partial charge on any atom is 0.200 e. The van der Waals surface area contributed by atoms with Crippen molar-refractivity contribution in [2.24, 2.45) is 0 Å². The monoisotopic (exact) mass is 266 g/mol. The van der Waals surface area contributed by atoms with Crippen LogP contribution < -0.4 is 5.32 Å². The smallest absolute Gasteiger partial charge is 0.200 e. The van der Waals surface area contributed by atoms with E-state index in [0.717, 1.165) is 0 Å². The molecule has 1 aliphatic heterocycles. The molecule has 0 atom stereocenters. The summed E-state index contributed by atoms with van der Waals surface area (Å²) in [6, 6.07) is 0. The zero-order valence-electron chi connectivity index (χ0n) is 9.37. The number of benzene rings is 1. The number of rotatable bonds is 2. The van der Waals surface area contributed by atoms with E-state index >= 15 is 0 Å². The van der Waals surface area contributed by atoms with Gasteiger partial charge in [0.15, 0.2) is 23.3 Å². The molecule has 0 saturated carbocycles. The lowest BCUT2D eigenvalue weighted by atomic mass is 10.1. The quantitative estimate of drug-likeness (QED) is 0.499. The maximum absolute atomic E-state index is 13.4. The van der Waals surface area contributed by atoms with Crippen molar-refractivity contribution < 1.29 is 22.0 Å². The molecule has 0 aliphatic carbocycles. The van der Waals surface area contributed by atoms with E-state index in [-0.39, 0.29) is 6.54 Å². The number of hydrogen-bond donors (Lipinski definition) is 1. The Labute approximate surface area is 100 Å². The van der Waals surface area contributed by atoms with Crippen LogP contribution in [-0.4, -0.2) is 31.1 Å². The van der Waals surface area contributed by atoms with E-state index < -0.39 is 34.6 Å². The summed E-state index contributed by atoms with van der Waals surface area (Å²) < 4.78 is 65.5. The number of nitrogens with one attached hydrogen (secondary N) is 1. The Morgan fingerprint density at radius 2 is 1.22 bits per heavy atom. The Balaban J connectivity index is 2.32. The second-order valence-corrected chi connectivity index (χ2v) is 4.07. The van der Waals surface area contributed by atoms with Gasteiger partial charge in [-0.3, -0.25) is 4.90 Å². The predicted octanol–water partition coefficient (Wildman–Crippen LogP) is 1.79. The van der Waals surface area contributed by atoms with E-state index in [2.05, 4.69) is 5.32 Å². The van der Waals surface area contributed by atoms with E-state index in [0.29, 0.717) is 26.2 Å². The molecule has 2 rings (SSSR count). The summed E-state index contributed by atoms with van der Waals surface area (Å²) in [5.74, 6) is -9.39. The molecule has 0 radical (unpaired) electrons. The first kappa shape index (κ1) is 13.2. The van der Waals surface area contributed by atoms with Crippen molar-refractivity contribution in [3.8, 4) is 0 Å². The third kappa shape index (κ3) is 2.32. The topological polar surface area (TPSA) is 15.3 Å². The molecule has 100 valence electrons. The summed E-state index contributed by atoms with van der Waals surface area (Å²) in [7, 11) is 0. The molecule has 1 fully saturated rings. The molecule has 0 unspecified atom stereocenters. The molecule has 0 amide bonds. The Kier molecular flexibility index (Phi) is 3.82. The second-order valence-electron chi connectivity index (χ2n) is 4.07. The Morgan fingerprint density at radius 1 is 0.778 bits per heavy atom. The van der Waals surface area contributed by atoms with Gasteiger partial charge >= 0.3 is 0 Å². The van der Waals surface area contributed by atoms with Crippen molar-refractivity contribution in [2.45, 2.75) is 6.54 Å². The van der Waals surface area contributed by atoms with Gasteiger partial charge in [-0.05, 0) is 0 Å². The number of halogens is 5. The van der Waals surface area contributed by atoms with Crippen molar-refractivity contribution in [1.29, 1.82) is 0 Å². The van der Waals surface area contributed by atoms with Gasteiger partial charge in [0, 0.05) is 38.3 Å². The molecule has 1 heterocycles. The average molecular weight is 266 g/mol. The first-order valence-electron chi connectivity index (χ1n) is 5.45. The predicted molar refractivity (Wildman–Crippen MR) is 54.4 cm³/mol. The Hall–Kier alpha value is -1.21. The van der Waals surface area contributed by atoms with E-state index in [1.165, 1.54) is 0 Å². The summed E-state index contributed by atoms with van der Waals surface area (Å²) in [6.45, 7) is 1.96. The van der Waals surface area contributed by atoms with Crippen LogP contribution in [0.2, 0.25) is 0 Å². The Morgan fingerprint density at radius 3 is 1.72 bits per heavy atom. The molecule has 2 nitrogen and oxygen atoms in total. The zero-order valence-corrected chi connectivity index (χ0v) is 9.37. The van der Waals surface area contributed by atoms with Gasteiger partial charge in [-0.2, -0.15) is 0 Å². The molecule has 0 aromatic heterocycles. The minimum absolute atomic E-state index is 0.284. The summed E-state index contributed by atoms with van der Waals surface area (Å²) in [4.78, 5) is 1.63. The van der Waals surface area contributed by atoms with Gasteiger partial charge in [-0.1, -0.05) is 0 Å². The second kappa shape index (κ2) is 5.19. The van der Waals surface area contributed by atoms with Gasteiger partial charge in [0.05, 0.1) is 0 Å². The van der Waals surface area contributed by atoms with Crippen LogP contribution >= 0.6 is 0 Å². The molecule has 1 aliphatic rings. The van der Waals surface area contributed by atoms with Crippen molar-refractivity contribution >= 4 is 0 Å². The fourth-order valence-electron chi connectivity index (χ4n) is 1.88. The van der Waals surface area contributed by atoms with E-state index in [1.807, 2.05) is 0 Å². The normalized spacial score (nSPS) is 17.2. The van der Waals surface area contributed by atoms with Crippen molar-refractivity contribution in [3.63, 3.8) is 0 Å². The van der Waals surface area contributed by atoms with Crippen LogP contribution in [0.5, 0.6) is 0 Å². The van der Waals surface area contributed by atoms with Gasteiger partial charge in [0.25, 0.3) is 0 Å². The van der Waals surface area contributed by atoms with Crippen LogP contribution in [0.25, 0.3) is 0 Å². The van der Waals surface area contributed by atoms with Gasteiger partial charge < -0.3 is 5.32 Å². The molecule has 1 aromatic carbocycles. The highest BCUT2D eigenvalue weighted by atomic mass is 19.2. The third-order valence-electron chi connectivity index (χ3n) is 2.89. The van der Waals surface area contributed by atoms with Crippen LogP contribution in [0.15, 0.2) is 0 Å². The number of hydrogen-bond acceptors (Lipinski definition) is 2. The van der Waals surface area contributed by atoms with Crippen molar-refractivity contribution in [1.82, 2.24) is 10.2 Å². The minimum Gasteiger partial charge on any atom is -0.314 e. The maximum atomic E-state index is 13.4. The van der Waals surface area contributed by atoms with E-state index in [9.17, 15) is 22.0 Å². The molecule has 1 saturated heterocycles. The van der Waals surface area contributed by atoms with E-state index in [1.54, 1.807) is 4.90 Å². The number of piperazine rings is 1. The fraction of sp³-hybridized carbons (Fsp3) is 0.455. The molecule has 1 aromatic rings. The van der Waals surface area contributed by atoms with Gasteiger partial charge in [-0.25, -0.2) is 22.0 Å². The molecule has 0 spiro atoms. The summed E-state index contributed by atoms with van der Waals surface area (Å²) in [6.07, 6.45) is 0. The van der Waals surface area contributed by atoms with Crippen LogP contribution in [0.1, 0.15) is 5.56 Å². The van der Waals surface area contributed by atoms with Crippen LogP contribution in [0, 0.1) is 29.1 Å². The molecule has 7 heteroatoms. The lowest BCUT2D eigenvalue weighted by Crippen LogP contribution is -2.43. The molecule has 0 bridgehead atoms. The van der Waals surface area contributed by atoms with Gasteiger partial charge in [0.2, 0.25) is 5.82 Å². The zero-order chi connectivity index (χ0) is 13.3. The van der Waals surface area contributed by atoms with Crippen molar-refractivity contribution in [2.75, 3.05) is 26.2 Å². The number of nitrogens with zero attached hydrogens (tertiary/aromatic N) is 1. The average Bonchev–Trinajstić information content (AvgIpc) is 2.40. The summed E-state index contributed by atoms with van der Waals surface area (Å²) in [5.41, 5.74) is -0.770. The standard InChI is InChI=1S/C11H11F5N2/c12-7-6(5-18-3-1-17-2-4-18)8(13)10(15)11(16)9(7)14/h17H,1-5H2. The van der Waals surface area contributed by atoms with Crippen LogP contribution in [-0.2, 0) is 6.54 Å². The molecule has 1 N–H and O–H groups in total. The highest BCUT2D eigenvalue weighted by molar-refractivity contribution is 5.24. The highest BCUT2D eigenvalue weighted by Gasteiger charge is 2.26. The lowest BCUT2D eigenvalue weighted by Gasteiger charge is -2.27. The minimum atomic E-state index is -2.12. The molecular weight excluding hydrogens is 255 g/mol. The first-order valence-corrected chi connectivity index (χ1v) is 5.45. The van der Waals surface area contributed by atoms with Crippen LogP contribution in [0.4, 0.5) is 22.0 Å². The van der Waals surface area contributed by atoms with E-state index in [4.69, 9.17) is 0 Å². The molecular formula is C11H11F5N2. The molecule has 18 heavy (non-hydrogen) atoms. The first-order chi connectivity index (χ1) is 8.52. The largest absolute Gasteiger partial charge is 0.314 e. The summed E-state index contributed by atoms with van der Waals surface area (Å²) in [5, 5.41) is 3.02. The van der Waals surface area contributed by atoms with Gasteiger partial charge in [0.1, 0.15) is 0 Å². The van der Waals surface area contributed by atoms with Crippen molar-refractivity contribution in [3.05, 3.63) is 34.6 Å². The Bertz CT molecular complexity index is 428. The van der Waals surface area contributed by atoms with Crippen LogP contribution in [0.3, 0.4) is 0 Å². The fourth-order valence-corrected chi connectivity index (χ4v) is 1.88. The van der Waals surface area contributed by atoms with Gasteiger partial charge in [-0.15, -0.1) is 0 Å². The SMILES string of the molecule is Fc1c(F)c(F)c(CN2CCNCC2)c(F)c1F. The highest BCUT2D eigenvalue weighted by Crippen LogP contribution is 2.24. The summed E-state index contributed by atoms with van der Waals surface area (Å²) >= 11 is 0.